The molecule has 3 rings (SSSR count). The molecule has 1 aromatic heterocycles. The molecule has 1 amide bonds. The van der Waals surface area contributed by atoms with Gasteiger partial charge in [-0.25, -0.2) is 4.39 Å². The first-order chi connectivity index (χ1) is 11.2. The minimum atomic E-state index is -0.352. The third-order valence-corrected chi connectivity index (χ3v) is 4.51. The van der Waals surface area contributed by atoms with Gasteiger partial charge in [-0.1, -0.05) is 54.6 Å². The van der Waals surface area contributed by atoms with E-state index in [0.29, 0.717) is 5.56 Å². The van der Waals surface area contributed by atoms with E-state index < -0.39 is 0 Å². The van der Waals surface area contributed by atoms with Gasteiger partial charge in [0.15, 0.2) is 0 Å². The average Bonchev–Trinajstić information content (AvgIpc) is 3.10. The summed E-state index contributed by atoms with van der Waals surface area (Å²) in [6.07, 6.45) is 0.0291. The van der Waals surface area contributed by atoms with Crippen LogP contribution in [0.4, 0.5) is 4.39 Å². The van der Waals surface area contributed by atoms with E-state index in [4.69, 9.17) is 0 Å². The van der Waals surface area contributed by atoms with E-state index in [2.05, 4.69) is 5.32 Å². The number of halogens is 1. The maximum Gasteiger partial charge on any atom is 0.225 e. The molecule has 2 aromatic carbocycles. The fourth-order valence-corrected chi connectivity index (χ4v) is 3.25. The van der Waals surface area contributed by atoms with Crippen LogP contribution < -0.4 is 5.32 Å². The number of carbonyl (C=O) groups excluding carboxylic acids is 1. The van der Waals surface area contributed by atoms with Gasteiger partial charge in [-0.2, -0.15) is 0 Å². The molecule has 0 aliphatic heterocycles. The fraction of sp³-hybridized carbons (Fsp3) is 0.105. The highest BCUT2D eigenvalue weighted by Gasteiger charge is 2.18. The van der Waals surface area contributed by atoms with Crippen molar-refractivity contribution >= 4 is 17.2 Å². The summed E-state index contributed by atoms with van der Waals surface area (Å²) in [7, 11) is 0. The Morgan fingerprint density at radius 1 is 1.00 bits per heavy atom. The molecule has 1 N–H and O–H groups in total. The lowest BCUT2D eigenvalue weighted by Crippen LogP contribution is -2.30. The van der Waals surface area contributed by atoms with E-state index in [1.807, 2.05) is 47.8 Å². The standard InChI is InChI=1S/C19H16FNOS/c20-16-10-5-4-9-15(16)13-18(22)21-19(17-11-6-12-23-17)14-7-2-1-3-8-14/h1-12,19H,13H2,(H,21,22)/t19-/m0/s1. The molecule has 4 heteroatoms. The lowest BCUT2D eigenvalue weighted by atomic mass is 10.0. The molecule has 0 unspecified atom stereocenters. The van der Waals surface area contributed by atoms with Crippen LogP contribution in [-0.4, -0.2) is 5.91 Å². The van der Waals surface area contributed by atoms with Crippen molar-refractivity contribution < 1.29 is 9.18 Å². The van der Waals surface area contributed by atoms with Crippen LogP contribution in [0.3, 0.4) is 0 Å². The maximum atomic E-state index is 13.7. The lowest BCUT2D eigenvalue weighted by molar-refractivity contribution is -0.121. The Morgan fingerprint density at radius 2 is 1.74 bits per heavy atom. The maximum absolute atomic E-state index is 13.7. The van der Waals surface area contributed by atoms with Gasteiger partial charge in [0.1, 0.15) is 5.82 Å². The number of hydrogen-bond acceptors (Lipinski definition) is 2. The summed E-state index contributed by atoms with van der Waals surface area (Å²) < 4.78 is 13.7. The largest absolute Gasteiger partial charge is 0.344 e. The Kier molecular flexibility index (Phi) is 4.83. The molecular formula is C19H16FNOS. The van der Waals surface area contributed by atoms with Crippen molar-refractivity contribution in [3.63, 3.8) is 0 Å². The van der Waals surface area contributed by atoms with Crippen molar-refractivity contribution in [1.29, 1.82) is 0 Å². The zero-order chi connectivity index (χ0) is 16.1. The Hall–Kier alpha value is -2.46. The first kappa shape index (κ1) is 15.4. The molecule has 0 spiro atoms. The van der Waals surface area contributed by atoms with Crippen molar-refractivity contribution in [2.24, 2.45) is 0 Å². The Bertz CT molecular complexity index is 771. The molecular weight excluding hydrogens is 309 g/mol. The van der Waals surface area contributed by atoms with Gasteiger partial charge < -0.3 is 5.32 Å². The van der Waals surface area contributed by atoms with Gasteiger partial charge in [-0.3, -0.25) is 4.79 Å². The summed E-state index contributed by atoms with van der Waals surface area (Å²) in [5.41, 5.74) is 1.42. The monoisotopic (exact) mass is 325 g/mol. The molecule has 3 aromatic rings. The van der Waals surface area contributed by atoms with Crippen molar-refractivity contribution in [2.75, 3.05) is 0 Å². The summed E-state index contributed by atoms with van der Waals surface area (Å²) in [6.45, 7) is 0. The number of nitrogens with one attached hydrogen (secondary N) is 1. The predicted molar refractivity (Wildman–Crippen MR) is 90.9 cm³/mol. The first-order valence-electron chi connectivity index (χ1n) is 7.35. The highest BCUT2D eigenvalue weighted by atomic mass is 32.1. The molecule has 0 aliphatic carbocycles. The van der Waals surface area contributed by atoms with Crippen LogP contribution in [0, 0.1) is 5.82 Å². The van der Waals surface area contributed by atoms with Crippen LogP contribution in [0.25, 0.3) is 0 Å². The van der Waals surface area contributed by atoms with Gasteiger partial charge in [0, 0.05) is 4.88 Å². The quantitative estimate of drug-likeness (QED) is 0.743. The van der Waals surface area contributed by atoms with Crippen molar-refractivity contribution in [3.8, 4) is 0 Å². The molecule has 23 heavy (non-hydrogen) atoms. The molecule has 1 heterocycles. The second-order valence-electron chi connectivity index (χ2n) is 5.19. The molecule has 2 nitrogen and oxygen atoms in total. The Labute approximate surface area is 138 Å². The Balaban J connectivity index is 1.79. The normalized spacial score (nSPS) is 11.9. The van der Waals surface area contributed by atoms with Gasteiger partial charge in [0.2, 0.25) is 5.91 Å². The number of benzene rings is 2. The number of rotatable bonds is 5. The first-order valence-corrected chi connectivity index (χ1v) is 8.23. The zero-order valence-electron chi connectivity index (χ0n) is 12.4. The van der Waals surface area contributed by atoms with E-state index in [0.717, 1.165) is 10.4 Å². The third-order valence-electron chi connectivity index (χ3n) is 3.57. The summed E-state index contributed by atoms with van der Waals surface area (Å²) in [5, 5.41) is 5.00. The number of hydrogen-bond donors (Lipinski definition) is 1. The highest BCUT2D eigenvalue weighted by molar-refractivity contribution is 7.10. The van der Waals surface area contributed by atoms with E-state index in [9.17, 15) is 9.18 Å². The van der Waals surface area contributed by atoms with Gasteiger partial charge in [-0.15, -0.1) is 11.3 Å². The topological polar surface area (TPSA) is 29.1 Å². The molecule has 0 saturated heterocycles. The number of carbonyl (C=O) groups is 1. The fourth-order valence-electron chi connectivity index (χ4n) is 2.45. The highest BCUT2D eigenvalue weighted by Crippen LogP contribution is 2.26. The van der Waals surface area contributed by atoms with Gasteiger partial charge in [0.05, 0.1) is 12.5 Å². The van der Waals surface area contributed by atoms with E-state index in [1.165, 1.54) is 6.07 Å². The van der Waals surface area contributed by atoms with E-state index in [-0.39, 0.29) is 24.2 Å². The average molecular weight is 325 g/mol. The van der Waals surface area contributed by atoms with E-state index in [1.54, 1.807) is 29.5 Å². The molecule has 0 radical (unpaired) electrons. The predicted octanol–water partition coefficient (Wildman–Crippen LogP) is 4.34. The van der Waals surface area contributed by atoms with Crippen LogP contribution in [-0.2, 0) is 11.2 Å². The summed E-state index contributed by atoms with van der Waals surface area (Å²) >= 11 is 1.59. The molecule has 0 saturated carbocycles. The molecule has 1 atom stereocenters. The smallest absolute Gasteiger partial charge is 0.225 e. The van der Waals surface area contributed by atoms with Crippen molar-refractivity contribution in [3.05, 3.63) is 93.9 Å². The SMILES string of the molecule is O=C(Cc1ccccc1F)N[C@@H](c1ccccc1)c1cccs1. The van der Waals surface area contributed by atoms with Crippen LogP contribution in [0.2, 0.25) is 0 Å². The van der Waals surface area contributed by atoms with Crippen molar-refractivity contribution in [2.45, 2.75) is 12.5 Å². The molecule has 0 aliphatic rings. The second-order valence-corrected chi connectivity index (χ2v) is 6.17. The molecule has 116 valence electrons. The summed E-state index contributed by atoms with van der Waals surface area (Å²) in [4.78, 5) is 13.4. The van der Waals surface area contributed by atoms with Crippen LogP contribution in [0.1, 0.15) is 22.0 Å². The summed E-state index contributed by atoms with van der Waals surface area (Å²) in [6, 6.07) is 19.9. The number of thiophene rings is 1. The van der Waals surface area contributed by atoms with Crippen LogP contribution >= 0.6 is 11.3 Å². The Morgan fingerprint density at radius 3 is 2.43 bits per heavy atom. The minimum Gasteiger partial charge on any atom is -0.344 e. The minimum absolute atomic E-state index is 0.0291. The third kappa shape index (κ3) is 3.85. The zero-order valence-corrected chi connectivity index (χ0v) is 13.2. The van der Waals surface area contributed by atoms with E-state index >= 15 is 0 Å². The molecule has 0 bridgehead atoms. The number of amides is 1. The summed E-state index contributed by atoms with van der Waals surface area (Å²) in [5.74, 6) is -0.549. The van der Waals surface area contributed by atoms with Gasteiger partial charge in [0.25, 0.3) is 0 Å². The second kappa shape index (κ2) is 7.20. The molecule has 0 fully saturated rings. The van der Waals surface area contributed by atoms with Crippen LogP contribution in [0.15, 0.2) is 72.1 Å². The van der Waals surface area contributed by atoms with Gasteiger partial charge >= 0.3 is 0 Å². The van der Waals surface area contributed by atoms with Crippen molar-refractivity contribution in [1.82, 2.24) is 5.32 Å². The lowest BCUT2D eigenvalue weighted by Gasteiger charge is -2.18. The van der Waals surface area contributed by atoms with Crippen LogP contribution in [0.5, 0.6) is 0 Å². The van der Waals surface area contributed by atoms with Gasteiger partial charge in [-0.05, 0) is 28.6 Å².